The van der Waals surface area contributed by atoms with Crippen molar-refractivity contribution in [3.63, 3.8) is 0 Å². The summed E-state index contributed by atoms with van der Waals surface area (Å²) in [5, 5.41) is 0.765. The predicted molar refractivity (Wildman–Crippen MR) is 102 cm³/mol. The van der Waals surface area contributed by atoms with Gasteiger partial charge in [0.2, 0.25) is 0 Å². The van der Waals surface area contributed by atoms with E-state index in [1.54, 1.807) is 12.4 Å². The van der Waals surface area contributed by atoms with Gasteiger partial charge in [0.05, 0.1) is 7.11 Å². The van der Waals surface area contributed by atoms with Crippen LogP contribution in [0.1, 0.15) is 0 Å². The van der Waals surface area contributed by atoms with Crippen molar-refractivity contribution in [2.45, 2.75) is 0 Å². The van der Waals surface area contributed by atoms with Gasteiger partial charge in [0, 0.05) is 53.3 Å². The van der Waals surface area contributed by atoms with Crippen molar-refractivity contribution in [1.29, 1.82) is 0 Å². The lowest BCUT2D eigenvalue weighted by molar-refractivity contribution is 0.386. The molecule has 4 aromatic rings. The Balaban J connectivity index is 1.99. The highest BCUT2D eigenvalue weighted by Gasteiger charge is 2.19. The fourth-order valence-corrected chi connectivity index (χ4v) is 3.32. The summed E-state index contributed by atoms with van der Waals surface area (Å²) in [6, 6.07) is 11.5. The molecule has 0 saturated carbocycles. The maximum Gasteiger partial charge on any atom is 0.168 e. The Morgan fingerprint density at radius 3 is 2.59 bits per heavy atom. The SMILES string of the molecule is COc1c(F)cc(F)cc1-c1cn(C)c2ncc(-c3cccc(N)c3)cc12. The van der Waals surface area contributed by atoms with Crippen molar-refractivity contribution in [3.8, 4) is 28.0 Å². The molecule has 27 heavy (non-hydrogen) atoms. The second kappa shape index (κ2) is 6.39. The summed E-state index contributed by atoms with van der Waals surface area (Å²) in [7, 11) is 3.20. The number of aryl methyl sites for hydroxylation is 1. The van der Waals surface area contributed by atoms with Crippen molar-refractivity contribution in [3.05, 3.63) is 66.5 Å². The van der Waals surface area contributed by atoms with Gasteiger partial charge in [-0.15, -0.1) is 0 Å². The van der Waals surface area contributed by atoms with E-state index in [1.807, 2.05) is 41.9 Å². The Bertz CT molecular complexity index is 1170. The maximum atomic E-state index is 14.2. The first kappa shape index (κ1) is 17.0. The minimum Gasteiger partial charge on any atom is -0.493 e. The fourth-order valence-electron chi connectivity index (χ4n) is 3.32. The van der Waals surface area contributed by atoms with Gasteiger partial charge in [-0.2, -0.15) is 0 Å². The van der Waals surface area contributed by atoms with E-state index in [0.29, 0.717) is 22.5 Å². The van der Waals surface area contributed by atoms with E-state index in [1.165, 1.54) is 13.2 Å². The normalized spacial score (nSPS) is 11.1. The van der Waals surface area contributed by atoms with E-state index < -0.39 is 11.6 Å². The first-order valence-corrected chi connectivity index (χ1v) is 8.32. The first-order valence-electron chi connectivity index (χ1n) is 8.32. The number of hydrogen-bond donors (Lipinski definition) is 1. The highest BCUT2D eigenvalue weighted by Crippen LogP contribution is 2.39. The Hall–Kier alpha value is -3.41. The fraction of sp³-hybridized carbons (Fsp3) is 0.0952. The van der Waals surface area contributed by atoms with Gasteiger partial charge in [-0.05, 0) is 29.8 Å². The third-order valence-corrected chi connectivity index (χ3v) is 4.54. The number of nitrogen functional groups attached to an aromatic ring is 1. The average Bonchev–Trinajstić information content (AvgIpc) is 2.97. The van der Waals surface area contributed by atoms with Crippen LogP contribution < -0.4 is 10.5 Å². The van der Waals surface area contributed by atoms with Crippen LogP contribution in [-0.2, 0) is 7.05 Å². The molecule has 2 heterocycles. The lowest BCUT2D eigenvalue weighted by Crippen LogP contribution is -1.94. The molecule has 0 spiro atoms. The van der Waals surface area contributed by atoms with Gasteiger partial charge in [-0.25, -0.2) is 13.8 Å². The van der Waals surface area contributed by atoms with Crippen LogP contribution in [0.4, 0.5) is 14.5 Å². The number of ether oxygens (including phenoxy) is 1. The monoisotopic (exact) mass is 365 g/mol. The van der Waals surface area contributed by atoms with E-state index in [2.05, 4.69) is 4.98 Å². The van der Waals surface area contributed by atoms with Gasteiger partial charge in [-0.1, -0.05) is 12.1 Å². The third kappa shape index (κ3) is 2.89. The molecular formula is C21H17F2N3O. The standard InChI is InChI=1S/C21H17F2N3O/c1-26-11-18(16-8-14(22)9-19(23)20(16)27-2)17-7-13(10-25-21(17)26)12-4-3-5-15(24)6-12/h3-11H,24H2,1-2H3. The third-order valence-electron chi connectivity index (χ3n) is 4.54. The van der Waals surface area contributed by atoms with Gasteiger partial charge >= 0.3 is 0 Å². The van der Waals surface area contributed by atoms with E-state index in [-0.39, 0.29) is 5.75 Å². The number of fused-ring (bicyclic) bond motifs is 1. The molecule has 2 aromatic heterocycles. The molecule has 0 atom stereocenters. The van der Waals surface area contributed by atoms with Gasteiger partial charge in [0.1, 0.15) is 11.5 Å². The molecular weight excluding hydrogens is 348 g/mol. The second-order valence-corrected chi connectivity index (χ2v) is 6.34. The minimum absolute atomic E-state index is 0.00161. The van der Waals surface area contributed by atoms with Crippen LogP contribution in [0.5, 0.6) is 5.75 Å². The van der Waals surface area contributed by atoms with Crippen molar-refractivity contribution in [1.82, 2.24) is 9.55 Å². The molecule has 4 rings (SSSR count). The molecule has 0 amide bonds. The van der Waals surface area contributed by atoms with Crippen LogP contribution in [0.3, 0.4) is 0 Å². The Morgan fingerprint density at radius 1 is 1.04 bits per heavy atom. The van der Waals surface area contributed by atoms with E-state index in [0.717, 1.165) is 22.6 Å². The molecule has 4 nitrogen and oxygen atoms in total. The van der Waals surface area contributed by atoms with Crippen LogP contribution in [0.15, 0.2) is 54.9 Å². The number of benzene rings is 2. The predicted octanol–water partition coefficient (Wildman–Crippen LogP) is 4.78. The van der Waals surface area contributed by atoms with E-state index in [9.17, 15) is 8.78 Å². The zero-order valence-corrected chi connectivity index (χ0v) is 14.8. The number of halogens is 2. The Kier molecular flexibility index (Phi) is 4.03. The van der Waals surface area contributed by atoms with Crippen molar-refractivity contribution < 1.29 is 13.5 Å². The molecule has 136 valence electrons. The Morgan fingerprint density at radius 2 is 1.85 bits per heavy atom. The average molecular weight is 365 g/mol. The lowest BCUT2D eigenvalue weighted by Gasteiger charge is -2.09. The molecule has 0 saturated heterocycles. The number of aromatic nitrogens is 2. The zero-order valence-electron chi connectivity index (χ0n) is 14.8. The van der Waals surface area contributed by atoms with Gasteiger partial charge < -0.3 is 15.0 Å². The van der Waals surface area contributed by atoms with Crippen LogP contribution in [0, 0.1) is 11.6 Å². The molecule has 2 aromatic carbocycles. The van der Waals surface area contributed by atoms with Crippen molar-refractivity contribution in [2.75, 3.05) is 12.8 Å². The van der Waals surface area contributed by atoms with Crippen LogP contribution in [0.2, 0.25) is 0 Å². The number of pyridine rings is 1. The largest absolute Gasteiger partial charge is 0.493 e. The number of methoxy groups -OCH3 is 1. The topological polar surface area (TPSA) is 53.1 Å². The van der Waals surface area contributed by atoms with Crippen molar-refractivity contribution >= 4 is 16.7 Å². The molecule has 0 bridgehead atoms. The summed E-state index contributed by atoms with van der Waals surface area (Å²) in [6.07, 6.45) is 3.54. The molecule has 0 unspecified atom stereocenters. The summed E-state index contributed by atoms with van der Waals surface area (Å²) in [6.45, 7) is 0. The summed E-state index contributed by atoms with van der Waals surface area (Å²) >= 11 is 0. The van der Waals surface area contributed by atoms with Gasteiger partial charge in [0.25, 0.3) is 0 Å². The minimum atomic E-state index is -0.746. The summed E-state index contributed by atoms with van der Waals surface area (Å²) in [5.74, 6) is -1.41. The maximum absolute atomic E-state index is 14.2. The zero-order chi connectivity index (χ0) is 19.1. The molecule has 2 N–H and O–H groups in total. The number of hydrogen-bond acceptors (Lipinski definition) is 3. The Labute approximate surface area is 154 Å². The van der Waals surface area contributed by atoms with E-state index in [4.69, 9.17) is 10.5 Å². The summed E-state index contributed by atoms with van der Waals surface area (Å²) in [5.41, 5.74) is 9.98. The molecule has 0 radical (unpaired) electrons. The number of nitrogens with zero attached hydrogens (tertiary/aromatic N) is 2. The van der Waals surface area contributed by atoms with Crippen LogP contribution >= 0.6 is 0 Å². The number of rotatable bonds is 3. The highest BCUT2D eigenvalue weighted by atomic mass is 19.1. The molecule has 0 aliphatic carbocycles. The van der Waals surface area contributed by atoms with Crippen LogP contribution in [0.25, 0.3) is 33.3 Å². The van der Waals surface area contributed by atoms with Gasteiger partial charge in [-0.3, -0.25) is 0 Å². The molecule has 0 aliphatic rings. The molecule has 0 fully saturated rings. The highest BCUT2D eigenvalue weighted by molar-refractivity contribution is 5.97. The lowest BCUT2D eigenvalue weighted by atomic mass is 10.0. The summed E-state index contributed by atoms with van der Waals surface area (Å²) in [4.78, 5) is 4.53. The molecule has 0 aliphatic heterocycles. The second-order valence-electron chi connectivity index (χ2n) is 6.34. The van der Waals surface area contributed by atoms with E-state index >= 15 is 0 Å². The summed E-state index contributed by atoms with van der Waals surface area (Å²) < 4.78 is 35.1. The number of nitrogens with two attached hydrogens (primary N) is 1. The number of anilines is 1. The molecule has 6 heteroatoms. The first-order chi connectivity index (χ1) is 13.0. The quantitative estimate of drug-likeness (QED) is 0.532. The van der Waals surface area contributed by atoms with Crippen molar-refractivity contribution in [2.24, 2.45) is 7.05 Å². The van der Waals surface area contributed by atoms with Gasteiger partial charge in [0.15, 0.2) is 11.6 Å². The van der Waals surface area contributed by atoms with Crippen LogP contribution in [-0.4, -0.2) is 16.7 Å². The smallest absolute Gasteiger partial charge is 0.168 e.